The number of hydrogen-bond acceptors (Lipinski definition) is 5. The quantitative estimate of drug-likeness (QED) is 0.733. The van der Waals surface area contributed by atoms with Gasteiger partial charge >= 0.3 is 0 Å². The molecule has 1 atom stereocenters. The molecule has 0 radical (unpaired) electrons. The summed E-state index contributed by atoms with van der Waals surface area (Å²) in [6, 6.07) is 13.1. The van der Waals surface area contributed by atoms with E-state index in [1.807, 2.05) is 61.3 Å². The van der Waals surface area contributed by atoms with Gasteiger partial charge in [-0.1, -0.05) is 30.3 Å². The van der Waals surface area contributed by atoms with Gasteiger partial charge in [-0.3, -0.25) is 9.69 Å². The second kappa shape index (κ2) is 9.83. The van der Waals surface area contributed by atoms with E-state index in [4.69, 9.17) is 14.2 Å². The van der Waals surface area contributed by atoms with Gasteiger partial charge in [0.15, 0.2) is 11.5 Å². The zero-order valence-electron chi connectivity index (χ0n) is 16.6. The fourth-order valence-electron chi connectivity index (χ4n) is 2.86. The number of hydrogen-bond donors (Lipinski definition) is 1. The molecule has 0 bridgehead atoms. The third-order valence-corrected chi connectivity index (χ3v) is 4.59. The number of carbonyl (C=O) groups is 1. The molecule has 1 amide bonds. The van der Waals surface area contributed by atoms with E-state index in [0.717, 1.165) is 16.9 Å². The Balaban J connectivity index is 2.00. The van der Waals surface area contributed by atoms with Crippen LogP contribution in [-0.2, 0) is 17.9 Å². The Labute approximate surface area is 161 Å². The van der Waals surface area contributed by atoms with Crippen LogP contribution in [-0.4, -0.2) is 45.2 Å². The molecule has 2 aromatic carbocycles. The molecule has 146 valence electrons. The lowest BCUT2D eigenvalue weighted by molar-refractivity contribution is -0.125. The number of nitrogens with zero attached hydrogens (tertiary/aromatic N) is 1. The number of carbonyl (C=O) groups excluding carboxylic acids is 1. The van der Waals surface area contributed by atoms with E-state index in [9.17, 15) is 4.79 Å². The van der Waals surface area contributed by atoms with Crippen molar-refractivity contribution in [3.63, 3.8) is 0 Å². The second-order valence-electron chi connectivity index (χ2n) is 6.27. The van der Waals surface area contributed by atoms with Gasteiger partial charge < -0.3 is 19.5 Å². The van der Waals surface area contributed by atoms with Crippen molar-refractivity contribution >= 4 is 5.91 Å². The van der Waals surface area contributed by atoms with Gasteiger partial charge in [-0.05, 0) is 26.1 Å². The minimum absolute atomic E-state index is 0.0507. The van der Waals surface area contributed by atoms with E-state index in [0.29, 0.717) is 24.6 Å². The Hall–Kier alpha value is -2.73. The Morgan fingerprint density at radius 2 is 1.59 bits per heavy atom. The molecular weight excluding hydrogens is 344 g/mol. The Morgan fingerprint density at radius 1 is 0.963 bits per heavy atom. The molecule has 0 saturated carbocycles. The van der Waals surface area contributed by atoms with Crippen molar-refractivity contribution in [2.45, 2.75) is 26.1 Å². The van der Waals surface area contributed by atoms with Crippen LogP contribution >= 0.6 is 0 Å². The number of methoxy groups -OCH3 is 3. The molecule has 2 aromatic rings. The maximum atomic E-state index is 12.6. The molecule has 0 fully saturated rings. The first-order valence-electron chi connectivity index (χ1n) is 8.81. The highest BCUT2D eigenvalue weighted by atomic mass is 16.5. The predicted molar refractivity (Wildman–Crippen MR) is 105 cm³/mol. The molecule has 0 aromatic heterocycles. The molecule has 1 N–H and O–H groups in total. The van der Waals surface area contributed by atoms with Crippen molar-refractivity contribution < 1.29 is 19.0 Å². The van der Waals surface area contributed by atoms with Crippen molar-refractivity contribution in [2.24, 2.45) is 0 Å². The summed E-state index contributed by atoms with van der Waals surface area (Å²) in [7, 11) is 6.76. The number of amides is 1. The van der Waals surface area contributed by atoms with Crippen molar-refractivity contribution in [3.8, 4) is 17.2 Å². The van der Waals surface area contributed by atoms with Crippen molar-refractivity contribution in [3.05, 3.63) is 53.6 Å². The van der Waals surface area contributed by atoms with Gasteiger partial charge in [-0.2, -0.15) is 0 Å². The summed E-state index contributed by atoms with van der Waals surface area (Å²) in [5.41, 5.74) is 1.90. The molecule has 0 heterocycles. The predicted octanol–water partition coefficient (Wildman–Crippen LogP) is 2.85. The van der Waals surface area contributed by atoms with Gasteiger partial charge in [0.05, 0.1) is 27.4 Å². The Kier molecular flexibility index (Phi) is 7.49. The molecule has 2 rings (SSSR count). The summed E-state index contributed by atoms with van der Waals surface area (Å²) in [4.78, 5) is 14.5. The van der Waals surface area contributed by atoms with E-state index in [1.54, 1.807) is 21.3 Å². The number of benzene rings is 2. The standard InChI is InChI=1S/C21H28N2O4/c1-15(21(24)22-13-16-9-6-7-11-18(16)25-3)23(2)14-17-10-8-12-19(26-4)20(17)27-5/h6-12,15H,13-14H2,1-5H3,(H,22,24). The third-order valence-electron chi connectivity index (χ3n) is 4.59. The molecule has 0 aliphatic heterocycles. The maximum absolute atomic E-state index is 12.6. The first-order valence-corrected chi connectivity index (χ1v) is 8.81. The van der Waals surface area contributed by atoms with Crippen LogP contribution < -0.4 is 19.5 Å². The fourth-order valence-corrected chi connectivity index (χ4v) is 2.86. The Morgan fingerprint density at radius 3 is 2.26 bits per heavy atom. The van der Waals surface area contributed by atoms with Crippen LogP contribution in [0.15, 0.2) is 42.5 Å². The summed E-state index contributed by atoms with van der Waals surface area (Å²) >= 11 is 0. The summed E-state index contributed by atoms with van der Waals surface area (Å²) in [6.07, 6.45) is 0. The SMILES string of the molecule is COc1ccccc1CNC(=O)C(C)N(C)Cc1cccc(OC)c1OC. The summed E-state index contributed by atoms with van der Waals surface area (Å²) in [5.74, 6) is 2.08. The number of likely N-dealkylation sites (N-methyl/N-ethyl adjacent to an activating group) is 1. The van der Waals surface area contributed by atoms with Crippen LogP contribution in [0.25, 0.3) is 0 Å². The van der Waals surface area contributed by atoms with Crippen molar-refractivity contribution in [2.75, 3.05) is 28.4 Å². The third kappa shape index (κ3) is 5.14. The van der Waals surface area contributed by atoms with Gasteiger partial charge in [-0.15, -0.1) is 0 Å². The molecule has 0 aliphatic rings. The minimum atomic E-state index is -0.310. The van der Waals surface area contributed by atoms with Crippen LogP contribution in [0.4, 0.5) is 0 Å². The number of nitrogens with one attached hydrogen (secondary N) is 1. The van der Waals surface area contributed by atoms with Crippen LogP contribution in [0.1, 0.15) is 18.1 Å². The van der Waals surface area contributed by atoms with Gasteiger partial charge in [-0.25, -0.2) is 0 Å². The monoisotopic (exact) mass is 372 g/mol. The molecule has 27 heavy (non-hydrogen) atoms. The van der Waals surface area contributed by atoms with Gasteiger partial charge in [0.1, 0.15) is 5.75 Å². The van der Waals surface area contributed by atoms with Crippen molar-refractivity contribution in [1.82, 2.24) is 10.2 Å². The van der Waals surface area contributed by atoms with E-state index in [1.165, 1.54) is 0 Å². The average molecular weight is 372 g/mol. The number of para-hydroxylation sites is 2. The highest BCUT2D eigenvalue weighted by molar-refractivity contribution is 5.81. The lowest BCUT2D eigenvalue weighted by Crippen LogP contribution is -2.42. The summed E-state index contributed by atoms with van der Waals surface area (Å²) in [5, 5.41) is 2.97. The number of rotatable bonds is 9. The van der Waals surface area contributed by atoms with Gasteiger partial charge in [0.25, 0.3) is 0 Å². The van der Waals surface area contributed by atoms with Crippen LogP contribution in [0.5, 0.6) is 17.2 Å². The molecule has 0 spiro atoms. The van der Waals surface area contributed by atoms with Gasteiger partial charge in [0.2, 0.25) is 5.91 Å². The number of ether oxygens (including phenoxy) is 3. The van der Waals surface area contributed by atoms with E-state index in [-0.39, 0.29) is 11.9 Å². The Bertz CT molecular complexity index is 764. The van der Waals surface area contributed by atoms with E-state index < -0.39 is 0 Å². The van der Waals surface area contributed by atoms with E-state index >= 15 is 0 Å². The highest BCUT2D eigenvalue weighted by Gasteiger charge is 2.20. The van der Waals surface area contributed by atoms with Crippen LogP contribution in [0.3, 0.4) is 0 Å². The largest absolute Gasteiger partial charge is 0.496 e. The summed E-state index contributed by atoms with van der Waals surface area (Å²) in [6.45, 7) is 2.86. The zero-order valence-corrected chi connectivity index (χ0v) is 16.6. The minimum Gasteiger partial charge on any atom is -0.496 e. The fraction of sp³-hybridized carbons (Fsp3) is 0.381. The lowest BCUT2D eigenvalue weighted by atomic mass is 10.1. The van der Waals surface area contributed by atoms with Crippen LogP contribution in [0.2, 0.25) is 0 Å². The highest BCUT2D eigenvalue weighted by Crippen LogP contribution is 2.31. The first-order chi connectivity index (χ1) is 13.0. The van der Waals surface area contributed by atoms with Gasteiger partial charge in [0, 0.05) is 24.2 Å². The summed E-state index contributed by atoms with van der Waals surface area (Å²) < 4.78 is 16.1. The second-order valence-corrected chi connectivity index (χ2v) is 6.27. The molecule has 6 nitrogen and oxygen atoms in total. The average Bonchev–Trinajstić information content (AvgIpc) is 2.71. The van der Waals surface area contributed by atoms with E-state index in [2.05, 4.69) is 5.32 Å². The normalized spacial score (nSPS) is 11.8. The smallest absolute Gasteiger partial charge is 0.237 e. The lowest BCUT2D eigenvalue weighted by Gasteiger charge is -2.25. The van der Waals surface area contributed by atoms with Crippen molar-refractivity contribution in [1.29, 1.82) is 0 Å². The molecular formula is C21H28N2O4. The maximum Gasteiger partial charge on any atom is 0.237 e. The van der Waals surface area contributed by atoms with Crippen LogP contribution in [0, 0.1) is 0 Å². The molecule has 0 aliphatic carbocycles. The molecule has 6 heteroatoms. The first kappa shape index (κ1) is 20.6. The topological polar surface area (TPSA) is 60.0 Å². The zero-order chi connectivity index (χ0) is 19.8. The molecule has 1 unspecified atom stereocenters. The molecule has 0 saturated heterocycles.